The first kappa shape index (κ1) is 25.0. The van der Waals surface area contributed by atoms with Crippen molar-refractivity contribution in [3.8, 4) is 5.75 Å². The van der Waals surface area contributed by atoms with Crippen LogP contribution in [0.5, 0.6) is 5.75 Å². The first-order valence-electron chi connectivity index (χ1n) is 9.46. The van der Waals surface area contributed by atoms with Crippen LogP contribution in [0.1, 0.15) is 12.0 Å². The van der Waals surface area contributed by atoms with Crippen LogP contribution in [0.4, 0.5) is 23.4 Å². The van der Waals surface area contributed by atoms with Crippen LogP contribution in [0, 0.1) is 5.82 Å². The number of rotatable bonds is 6. The average Bonchev–Trinajstić information content (AvgIpc) is 3.18. The maximum absolute atomic E-state index is 13.9. The average molecular weight is 553 g/mol. The third-order valence-electron chi connectivity index (χ3n) is 4.60. The van der Waals surface area contributed by atoms with Gasteiger partial charge >= 0.3 is 6.18 Å². The molecule has 0 amide bonds. The van der Waals surface area contributed by atoms with Gasteiger partial charge in [0.2, 0.25) is 0 Å². The fraction of sp³-hybridized carbons (Fsp3) is 0.400. The number of hydrogen-bond acceptors (Lipinski definition) is 4. The highest BCUT2D eigenvalue weighted by molar-refractivity contribution is 14.0. The summed E-state index contributed by atoms with van der Waals surface area (Å²) in [4.78, 5) is 10.1. The molecule has 1 atom stereocenters. The third-order valence-corrected chi connectivity index (χ3v) is 4.60. The number of guanidine groups is 1. The Morgan fingerprint density at radius 1 is 1.26 bits per heavy atom. The van der Waals surface area contributed by atoms with Crippen LogP contribution in [-0.2, 0) is 6.54 Å². The van der Waals surface area contributed by atoms with Crippen LogP contribution in [0.25, 0.3) is 0 Å². The number of pyridine rings is 1. The second kappa shape index (κ2) is 11.3. The van der Waals surface area contributed by atoms with Crippen LogP contribution in [0.3, 0.4) is 0 Å². The minimum absolute atomic E-state index is 0. The molecule has 2 heterocycles. The predicted molar refractivity (Wildman–Crippen MR) is 122 cm³/mol. The summed E-state index contributed by atoms with van der Waals surface area (Å²) in [6.45, 7) is 0.0919. The lowest BCUT2D eigenvalue weighted by Crippen LogP contribution is -2.44. The van der Waals surface area contributed by atoms with E-state index in [4.69, 9.17) is 4.74 Å². The fourth-order valence-electron chi connectivity index (χ4n) is 3.20. The SMILES string of the molecule is CN=C(NCc1ccccc1OCC(F)(F)F)NC1CCN(c2ncccc2F)C1.I. The molecule has 0 bridgehead atoms. The van der Waals surface area contributed by atoms with Crippen LogP contribution in [-0.4, -0.2) is 49.9 Å². The van der Waals surface area contributed by atoms with Gasteiger partial charge in [-0.1, -0.05) is 18.2 Å². The Bertz CT molecular complexity index is 881. The van der Waals surface area contributed by atoms with Crippen molar-refractivity contribution < 1.29 is 22.3 Å². The number of benzene rings is 1. The van der Waals surface area contributed by atoms with Gasteiger partial charge in [-0.3, -0.25) is 4.99 Å². The van der Waals surface area contributed by atoms with Crippen molar-refractivity contribution in [2.75, 3.05) is 31.6 Å². The van der Waals surface area contributed by atoms with Gasteiger partial charge in [-0.2, -0.15) is 13.2 Å². The lowest BCUT2D eigenvalue weighted by molar-refractivity contribution is -0.153. The first-order chi connectivity index (χ1) is 14.4. The molecule has 1 aliphatic heterocycles. The van der Waals surface area contributed by atoms with Gasteiger partial charge in [0.15, 0.2) is 24.2 Å². The van der Waals surface area contributed by atoms with Crippen LogP contribution >= 0.6 is 24.0 Å². The van der Waals surface area contributed by atoms with E-state index in [0.29, 0.717) is 30.4 Å². The maximum atomic E-state index is 13.9. The van der Waals surface area contributed by atoms with Gasteiger partial charge in [0.1, 0.15) is 5.75 Å². The maximum Gasteiger partial charge on any atom is 0.422 e. The molecule has 0 aliphatic carbocycles. The highest BCUT2D eigenvalue weighted by atomic mass is 127. The fourth-order valence-corrected chi connectivity index (χ4v) is 3.20. The molecule has 0 saturated carbocycles. The summed E-state index contributed by atoms with van der Waals surface area (Å²) < 4.78 is 56.2. The monoisotopic (exact) mass is 553 g/mol. The minimum Gasteiger partial charge on any atom is -0.484 e. The Morgan fingerprint density at radius 3 is 2.74 bits per heavy atom. The van der Waals surface area contributed by atoms with Gasteiger partial charge < -0.3 is 20.3 Å². The van der Waals surface area contributed by atoms with Gasteiger partial charge in [-0.15, -0.1) is 24.0 Å². The number of halogens is 5. The molecule has 1 fully saturated rings. The number of aliphatic imine (C=N–C) groups is 1. The van der Waals surface area contributed by atoms with E-state index in [1.54, 1.807) is 37.5 Å². The molecule has 0 spiro atoms. The smallest absolute Gasteiger partial charge is 0.422 e. The molecule has 11 heteroatoms. The molecule has 1 aromatic heterocycles. The standard InChI is InChI=1S/C20H23F4N5O.HI/c1-25-19(27-11-14-5-2-3-7-17(14)30-13-20(22,23)24)28-15-8-10-29(12-15)18-16(21)6-4-9-26-18;/h2-7,9,15H,8,10-13H2,1H3,(H2,25,27,28);1H. The molecule has 1 aromatic carbocycles. The van der Waals surface area contributed by atoms with Crippen molar-refractivity contribution in [2.45, 2.75) is 25.2 Å². The highest BCUT2D eigenvalue weighted by Crippen LogP contribution is 2.23. The molecule has 6 nitrogen and oxygen atoms in total. The van der Waals surface area contributed by atoms with E-state index in [1.807, 2.05) is 4.90 Å². The summed E-state index contributed by atoms with van der Waals surface area (Å²) in [7, 11) is 1.60. The van der Waals surface area contributed by atoms with Crippen LogP contribution < -0.4 is 20.3 Å². The van der Waals surface area contributed by atoms with Gasteiger partial charge in [0.05, 0.1) is 0 Å². The molecule has 2 aromatic rings. The summed E-state index contributed by atoms with van der Waals surface area (Å²) in [5.74, 6) is 0.612. The van der Waals surface area contributed by atoms with Gasteiger partial charge in [0, 0.05) is 44.5 Å². The van der Waals surface area contributed by atoms with E-state index in [2.05, 4.69) is 20.6 Å². The van der Waals surface area contributed by atoms with E-state index in [9.17, 15) is 17.6 Å². The van der Waals surface area contributed by atoms with Gasteiger partial charge in [-0.05, 0) is 24.6 Å². The summed E-state index contributed by atoms with van der Waals surface area (Å²) in [6.07, 6.45) is -2.08. The van der Waals surface area contributed by atoms with E-state index in [1.165, 1.54) is 12.1 Å². The highest BCUT2D eigenvalue weighted by Gasteiger charge is 2.29. The Morgan fingerprint density at radius 2 is 2.03 bits per heavy atom. The Labute approximate surface area is 195 Å². The first-order valence-corrected chi connectivity index (χ1v) is 9.46. The second-order valence-electron chi connectivity index (χ2n) is 6.82. The molecule has 0 radical (unpaired) electrons. The number of ether oxygens (including phenoxy) is 1. The van der Waals surface area contributed by atoms with Crippen molar-refractivity contribution in [2.24, 2.45) is 4.99 Å². The van der Waals surface area contributed by atoms with Gasteiger partial charge in [0.25, 0.3) is 0 Å². The lowest BCUT2D eigenvalue weighted by Gasteiger charge is -2.20. The minimum atomic E-state index is -4.40. The molecule has 1 unspecified atom stereocenters. The van der Waals surface area contributed by atoms with Crippen molar-refractivity contribution in [1.29, 1.82) is 0 Å². The van der Waals surface area contributed by atoms with E-state index in [-0.39, 0.29) is 48.1 Å². The van der Waals surface area contributed by atoms with Crippen molar-refractivity contribution in [3.05, 3.63) is 54.0 Å². The molecule has 170 valence electrons. The predicted octanol–water partition coefficient (Wildman–Crippen LogP) is 3.72. The molecule has 31 heavy (non-hydrogen) atoms. The molecule has 1 aliphatic rings. The number of nitrogens with one attached hydrogen (secondary N) is 2. The molecular formula is C20H24F4IN5O. The van der Waals surface area contributed by atoms with Crippen LogP contribution in [0.15, 0.2) is 47.6 Å². The lowest BCUT2D eigenvalue weighted by atomic mass is 10.2. The van der Waals surface area contributed by atoms with E-state index in [0.717, 1.165) is 6.42 Å². The van der Waals surface area contributed by atoms with Crippen molar-refractivity contribution >= 4 is 35.8 Å². The Kier molecular flexibility index (Phi) is 9.14. The zero-order chi connectivity index (χ0) is 21.6. The number of hydrogen-bond donors (Lipinski definition) is 2. The molecule has 1 saturated heterocycles. The van der Waals surface area contributed by atoms with Gasteiger partial charge in [-0.25, -0.2) is 9.37 Å². The number of para-hydroxylation sites is 1. The number of aromatic nitrogens is 1. The quantitative estimate of drug-likeness (QED) is 0.247. The second-order valence-corrected chi connectivity index (χ2v) is 6.82. The van der Waals surface area contributed by atoms with Crippen molar-refractivity contribution in [3.63, 3.8) is 0 Å². The molecule has 2 N–H and O–H groups in total. The van der Waals surface area contributed by atoms with Crippen LogP contribution in [0.2, 0.25) is 0 Å². The normalized spacial score (nSPS) is 16.6. The summed E-state index contributed by atoms with van der Waals surface area (Å²) >= 11 is 0. The molecule has 3 rings (SSSR count). The zero-order valence-corrected chi connectivity index (χ0v) is 19.2. The summed E-state index contributed by atoms with van der Waals surface area (Å²) in [6, 6.07) is 9.47. The Hall–Kier alpha value is -2.31. The van der Waals surface area contributed by atoms with E-state index >= 15 is 0 Å². The third kappa shape index (κ3) is 7.40. The summed E-state index contributed by atoms with van der Waals surface area (Å²) in [5.41, 5.74) is 0.577. The number of anilines is 1. The zero-order valence-electron chi connectivity index (χ0n) is 16.8. The largest absolute Gasteiger partial charge is 0.484 e. The Balaban J connectivity index is 0.00000341. The number of nitrogens with zero attached hydrogens (tertiary/aromatic N) is 3. The van der Waals surface area contributed by atoms with E-state index < -0.39 is 12.8 Å². The summed E-state index contributed by atoms with van der Waals surface area (Å²) in [5, 5.41) is 6.34. The van der Waals surface area contributed by atoms with Crippen molar-refractivity contribution in [1.82, 2.24) is 15.6 Å². The topological polar surface area (TPSA) is 61.8 Å². The number of alkyl halides is 3. The molecular weight excluding hydrogens is 529 g/mol.